The second-order valence-corrected chi connectivity index (χ2v) is 5.54. The average Bonchev–Trinajstić information content (AvgIpc) is 2.61. The second-order valence-electron chi connectivity index (χ2n) is 5.54. The van der Waals surface area contributed by atoms with Gasteiger partial charge in [-0.15, -0.1) is 0 Å². The van der Waals surface area contributed by atoms with E-state index in [1.807, 2.05) is 0 Å². The van der Waals surface area contributed by atoms with E-state index < -0.39 is 18.0 Å². The van der Waals surface area contributed by atoms with Gasteiger partial charge >= 0.3 is 6.18 Å². The van der Waals surface area contributed by atoms with Crippen LogP contribution in [-0.2, 0) is 6.18 Å². The van der Waals surface area contributed by atoms with Crippen LogP contribution in [0.4, 0.5) is 13.2 Å². The summed E-state index contributed by atoms with van der Waals surface area (Å²) in [6.45, 7) is 0. The van der Waals surface area contributed by atoms with Gasteiger partial charge in [-0.2, -0.15) is 13.2 Å². The Labute approximate surface area is 140 Å². The van der Waals surface area contributed by atoms with Gasteiger partial charge in [-0.05, 0) is 24.3 Å². The largest absolute Gasteiger partial charge is 0.460 e. The van der Waals surface area contributed by atoms with Crippen molar-refractivity contribution in [3.63, 3.8) is 0 Å². The number of halogens is 3. The smallest absolute Gasteiger partial charge is 0.416 e. The predicted octanol–water partition coefficient (Wildman–Crippen LogP) is 4.21. The van der Waals surface area contributed by atoms with Crippen molar-refractivity contribution in [3.05, 3.63) is 65.9 Å². The third-order valence-corrected chi connectivity index (χ3v) is 3.91. The molecule has 0 saturated heterocycles. The highest BCUT2D eigenvalue weighted by Crippen LogP contribution is 2.40. The number of alkyl halides is 3. The van der Waals surface area contributed by atoms with E-state index >= 15 is 0 Å². The molecule has 1 N–H and O–H groups in total. The summed E-state index contributed by atoms with van der Waals surface area (Å²) >= 11 is 0. The first-order valence-electron chi connectivity index (χ1n) is 7.42. The normalized spacial score (nSPS) is 15.9. The summed E-state index contributed by atoms with van der Waals surface area (Å²) in [6, 6.07) is 11.8. The van der Waals surface area contributed by atoms with Crippen molar-refractivity contribution in [3.8, 4) is 28.4 Å². The van der Waals surface area contributed by atoms with Crippen LogP contribution in [0.5, 0.6) is 5.75 Å². The number of nitrogens with zero attached hydrogens (tertiary/aromatic N) is 2. The van der Waals surface area contributed by atoms with Gasteiger partial charge in [0, 0.05) is 17.3 Å². The molecule has 2 aromatic carbocycles. The molecule has 1 atom stereocenters. The minimum Gasteiger partial charge on any atom is -0.460 e. The first kappa shape index (κ1) is 15.6. The van der Waals surface area contributed by atoms with Gasteiger partial charge in [-0.25, -0.2) is 9.97 Å². The van der Waals surface area contributed by atoms with E-state index in [1.165, 1.54) is 18.3 Å². The summed E-state index contributed by atoms with van der Waals surface area (Å²) in [5.41, 5.74) is 0.941. The molecule has 7 heteroatoms. The van der Waals surface area contributed by atoms with Crippen LogP contribution in [0.3, 0.4) is 0 Å². The molecule has 0 fully saturated rings. The molecule has 0 bridgehead atoms. The third-order valence-electron chi connectivity index (χ3n) is 3.91. The van der Waals surface area contributed by atoms with Crippen LogP contribution >= 0.6 is 0 Å². The summed E-state index contributed by atoms with van der Waals surface area (Å²) < 4.78 is 44.1. The summed E-state index contributed by atoms with van der Waals surface area (Å²) in [7, 11) is 0. The van der Waals surface area contributed by atoms with Crippen molar-refractivity contribution in [1.29, 1.82) is 0 Å². The fourth-order valence-corrected chi connectivity index (χ4v) is 2.71. The maximum Gasteiger partial charge on any atom is 0.416 e. The molecule has 4 nitrogen and oxygen atoms in total. The van der Waals surface area contributed by atoms with Gasteiger partial charge in [-0.3, -0.25) is 0 Å². The zero-order valence-corrected chi connectivity index (χ0v) is 12.7. The molecular formula is C18H11F3N2O2. The molecule has 0 amide bonds. The molecule has 1 unspecified atom stereocenters. The van der Waals surface area contributed by atoms with Crippen molar-refractivity contribution >= 4 is 0 Å². The van der Waals surface area contributed by atoms with Gasteiger partial charge in [0.15, 0.2) is 5.82 Å². The van der Waals surface area contributed by atoms with Gasteiger partial charge in [0.1, 0.15) is 5.75 Å². The Bertz CT molecular complexity index is 957. The lowest BCUT2D eigenvalue weighted by atomic mass is 10.0. The number of aromatic nitrogens is 2. The molecular weight excluding hydrogens is 333 g/mol. The minimum atomic E-state index is -4.44. The SMILES string of the molecule is OC1Oc2ccccc2-c2nc(-c3cccc(C(F)(F)F)c3)ncc21. The Morgan fingerprint density at radius 3 is 2.64 bits per heavy atom. The standard InChI is InChI=1S/C18H11F3N2O2/c19-18(20,21)11-5-3-4-10(8-11)16-22-9-13-15(23-16)12-6-1-2-7-14(12)25-17(13)24/h1-9,17,24H. The summed E-state index contributed by atoms with van der Waals surface area (Å²) in [6.07, 6.45) is -4.29. The Hall–Kier alpha value is -2.93. The van der Waals surface area contributed by atoms with E-state index in [0.29, 0.717) is 22.6 Å². The number of rotatable bonds is 1. The van der Waals surface area contributed by atoms with E-state index in [0.717, 1.165) is 12.1 Å². The Kier molecular flexibility index (Phi) is 3.47. The average molecular weight is 344 g/mol. The zero-order chi connectivity index (χ0) is 17.6. The number of fused-ring (bicyclic) bond motifs is 3. The highest BCUT2D eigenvalue weighted by atomic mass is 19.4. The number of ether oxygens (including phenoxy) is 1. The Morgan fingerprint density at radius 1 is 1.04 bits per heavy atom. The number of hydrogen-bond acceptors (Lipinski definition) is 4. The molecule has 4 rings (SSSR count). The first-order valence-corrected chi connectivity index (χ1v) is 7.42. The number of aliphatic hydroxyl groups is 1. The van der Waals surface area contributed by atoms with E-state index in [1.54, 1.807) is 24.3 Å². The van der Waals surface area contributed by atoms with Gasteiger partial charge in [0.05, 0.1) is 16.8 Å². The lowest BCUT2D eigenvalue weighted by Crippen LogP contribution is -2.15. The molecule has 0 saturated carbocycles. The molecule has 126 valence electrons. The van der Waals surface area contributed by atoms with Crippen LogP contribution in [0.2, 0.25) is 0 Å². The summed E-state index contributed by atoms with van der Waals surface area (Å²) in [4.78, 5) is 8.47. The second kappa shape index (κ2) is 5.56. The molecule has 3 aromatic rings. The van der Waals surface area contributed by atoms with E-state index in [9.17, 15) is 18.3 Å². The van der Waals surface area contributed by atoms with Crippen LogP contribution in [0, 0.1) is 0 Å². The van der Waals surface area contributed by atoms with Gasteiger partial charge in [0.2, 0.25) is 6.29 Å². The molecule has 0 aliphatic carbocycles. The molecule has 0 radical (unpaired) electrons. The monoisotopic (exact) mass is 344 g/mol. The van der Waals surface area contributed by atoms with Gasteiger partial charge in [-0.1, -0.05) is 24.3 Å². The van der Waals surface area contributed by atoms with Crippen molar-refractivity contribution in [2.24, 2.45) is 0 Å². The topological polar surface area (TPSA) is 55.2 Å². The highest BCUT2D eigenvalue weighted by Gasteiger charge is 2.31. The fourth-order valence-electron chi connectivity index (χ4n) is 2.71. The lowest BCUT2D eigenvalue weighted by Gasteiger charge is -2.24. The van der Waals surface area contributed by atoms with E-state index in [-0.39, 0.29) is 11.4 Å². The number of aliphatic hydroxyl groups excluding tert-OH is 1. The number of benzene rings is 2. The van der Waals surface area contributed by atoms with E-state index in [4.69, 9.17) is 4.74 Å². The zero-order valence-electron chi connectivity index (χ0n) is 12.7. The van der Waals surface area contributed by atoms with Gasteiger partial charge < -0.3 is 9.84 Å². The number of hydrogen-bond donors (Lipinski definition) is 1. The van der Waals surface area contributed by atoms with Crippen molar-refractivity contribution in [2.45, 2.75) is 12.5 Å². The van der Waals surface area contributed by atoms with Crippen LogP contribution in [0.15, 0.2) is 54.7 Å². The Balaban J connectivity index is 1.85. The van der Waals surface area contributed by atoms with Crippen LogP contribution in [0.25, 0.3) is 22.6 Å². The lowest BCUT2D eigenvalue weighted by molar-refractivity contribution is -0.137. The highest BCUT2D eigenvalue weighted by molar-refractivity contribution is 5.73. The molecule has 2 heterocycles. The maximum atomic E-state index is 12.9. The molecule has 1 aromatic heterocycles. The molecule has 0 spiro atoms. The predicted molar refractivity (Wildman–Crippen MR) is 83.5 cm³/mol. The molecule has 1 aliphatic heterocycles. The summed E-state index contributed by atoms with van der Waals surface area (Å²) in [5, 5.41) is 10.1. The molecule has 25 heavy (non-hydrogen) atoms. The quantitative estimate of drug-likeness (QED) is 0.718. The first-order chi connectivity index (χ1) is 11.9. The van der Waals surface area contributed by atoms with E-state index in [2.05, 4.69) is 9.97 Å². The van der Waals surface area contributed by atoms with Crippen molar-refractivity contribution in [1.82, 2.24) is 9.97 Å². The van der Waals surface area contributed by atoms with Crippen LogP contribution < -0.4 is 4.74 Å². The van der Waals surface area contributed by atoms with Crippen molar-refractivity contribution < 1.29 is 23.0 Å². The van der Waals surface area contributed by atoms with Crippen LogP contribution in [0.1, 0.15) is 17.4 Å². The van der Waals surface area contributed by atoms with Gasteiger partial charge in [0.25, 0.3) is 0 Å². The Morgan fingerprint density at radius 2 is 1.84 bits per heavy atom. The fraction of sp³-hybridized carbons (Fsp3) is 0.111. The maximum absolute atomic E-state index is 12.9. The third kappa shape index (κ3) is 2.72. The number of para-hydroxylation sites is 1. The van der Waals surface area contributed by atoms with Crippen molar-refractivity contribution in [2.75, 3.05) is 0 Å². The van der Waals surface area contributed by atoms with Crippen LogP contribution in [-0.4, -0.2) is 15.1 Å². The summed E-state index contributed by atoms with van der Waals surface area (Å²) in [5.74, 6) is 0.602. The molecule has 1 aliphatic rings. The minimum absolute atomic E-state index is 0.147.